The van der Waals surface area contributed by atoms with Gasteiger partial charge in [0.2, 0.25) is 0 Å². The van der Waals surface area contributed by atoms with Crippen LogP contribution in [0.25, 0.3) is 43.1 Å². The predicted molar refractivity (Wildman–Crippen MR) is 199 cm³/mol. The molecule has 0 nitrogen and oxygen atoms in total. The Bertz CT molecular complexity index is 2260. The van der Waals surface area contributed by atoms with E-state index in [1.165, 1.54) is 67.3 Å². The molecule has 1 aliphatic rings. The van der Waals surface area contributed by atoms with E-state index in [0.717, 1.165) is 31.9 Å². The Labute approximate surface area is 328 Å². The van der Waals surface area contributed by atoms with Crippen molar-refractivity contribution in [1.29, 1.82) is 0 Å². The third kappa shape index (κ3) is 8.01. The van der Waals surface area contributed by atoms with Crippen molar-refractivity contribution in [2.45, 2.75) is 20.3 Å². The Morgan fingerprint density at radius 2 is 1.12 bits per heavy atom. The van der Waals surface area contributed by atoms with E-state index in [2.05, 4.69) is 91.0 Å². The Hall–Kier alpha value is -2.32. The van der Waals surface area contributed by atoms with E-state index in [1.807, 2.05) is 38.1 Å². The van der Waals surface area contributed by atoms with Crippen molar-refractivity contribution < 1.29 is 49.0 Å². The minimum Gasteiger partial charge on any atom is -1.00 e. The zero-order chi connectivity index (χ0) is 32.4. The zero-order valence-electron chi connectivity index (χ0n) is 26.0. The standard InChI is InChI=1S/C21H13.C15H10Cl4.C5H5.2ClH.Zr/c1-2-8-15-14(7-1)13-20-18-11-4-3-9-16(18)17-10-5-6-12-19(17)21(15)20;1-8-10(4-12(16)6-14(8)18)3-11-5-13(17)7-15(19)9(11)2;1-2-4-5-3-1;;;/h1-13H;4-7H,1-2H3;1-3H,4H2;2*1H;/q-1;;-1;;;+2/p-2. The molecule has 0 N–H and O–H groups in total. The number of hydrogen-bond donors (Lipinski definition) is 0. The van der Waals surface area contributed by atoms with Gasteiger partial charge in [-0.1, -0.05) is 77.5 Å². The van der Waals surface area contributed by atoms with Gasteiger partial charge in [0, 0.05) is 0 Å². The molecular weight excluding hydrogens is 796 g/mol. The molecule has 7 aromatic rings. The molecule has 240 valence electrons. The summed E-state index contributed by atoms with van der Waals surface area (Å²) in [5, 5.41) is 13.4. The maximum atomic E-state index is 6.21. The van der Waals surface area contributed by atoms with E-state index in [4.69, 9.17) is 46.4 Å². The third-order valence-electron chi connectivity index (χ3n) is 8.25. The molecule has 0 saturated heterocycles. The normalized spacial score (nSPS) is 11.5. The predicted octanol–water partition coefficient (Wildman–Crippen LogP) is 7.36. The summed E-state index contributed by atoms with van der Waals surface area (Å²) in [4.78, 5) is 0. The van der Waals surface area contributed by atoms with E-state index < -0.39 is 0 Å². The first-order chi connectivity index (χ1) is 22.2. The van der Waals surface area contributed by atoms with Crippen LogP contribution in [0, 0.1) is 19.9 Å². The first-order valence-corrected chi connectivity index (χ1v) is 17.6. The van der Waals surface area contributed by atoms with Crippen LogP contribution in [0.5, 0.6) is 0 Å². The molecule has 7 aromatic carbocycles. The van der Waals surface area contributed by atoms with Gasteiger partial charge in [-0.05, 0) is 10.8 Å². The van der Waals surface area contributed by atoms with Crippen LogP contribution < -0.4 is 24.8 Å². The van der Waals surface area contributed by atoms with Gasteiger partial charge in [0.1, 0.15) is 0 Å². The zero-order valence-corrected chi connectivity index (χ0v) is 33.0. The van der Waals surface area contributed by atoms with Crippen molar-refractivity contribution in [3.63, 3.8) is 0 Å². The number of hydrogen-bond acceptors (Lipinski definition) is 0. The van der Waals surface area contributed by atoms with E-state index in [-0.39, 0.29) is 24.8 Å². The number of benzene rings is 6. The number of halogens is 6. The van der Waals surface area contributed by atoms with Gasteiger partial charge in [0.05, 0.1) is 0 Å². The molecule has 0 aliphatic heterocycles. The quantitative estimate of drug-likeness (QED) is 0.126. The van der Waals surface area contributed by atoms with E-state index in [9.17, 15) is 0 Å². The van der Waals surface area contributed by atoms with Crippen molar-refractivity contribution in [1.82, 2.24) is 0 Å². The second-order valence-corrected chi connectivity index (χ2v) is 14.0. The topological polar surface area (TPSA) is 0 Å². The fraction of sp³-hybridized carbons (Fsp3) is 0.0732. The average Bonchev–Trinajstić information content (AvgIpc) is 3.77. The van der Waals surface area contributed by atoms with E-state index in [0.29, 0.717) is 20.1 Å². The summed E-state index contributed by atoms with van der Waals surface area (Å²) in [7, 11) is 0. The van der Waals surface area contributed by atoms with Crippen molar-refractivity contribution in [2.75, 3.05) is 0 Å². The minimum absolute atomic E-state index is 0. The summed E-state index contributed by atoms with van der Waals surface area (Å²) in [6.45, 7) is 3.97. The maximum absolute atomic E-state index is 6.21. The van der Waals surface area contributed by atoms with Crippen LogP contribution in [-0.2, 0) is 24.2 Å². The summed E-state index contributed by atoms with van der Waals surface area (Å²) in [5.74, 6) is 0. The number of rotatable bonds is 2. The largest absolute Gasteiger partial charge is 1.00 e. The number of fused-ring (bicyclic) bond motifs is 8. The van der Waals surface area contributed by atoms with Crippen molar-refractivity contribution in [3.05, 3.63) is 170 Å². The molecule has 0 aromatic heterocycles. The van der Waals surface area contributed by atoms with Crippen LogP contribution >= 0.6 is 46.4 Å². The first kappa shape index (κ1) is 38.5. The Balaban J connectivity index is 0.000000183. The summed E-state index contributed by atoms with van der Waals surface area (Å²) < 4.78 is 1.14. The van der Waals surface area contributed by atoms with Gasteiger partial charge in [-0.15, -0.1) is 40.1 Å². The molecule has 8 rings (SSSR count). The smallest absolute Gasteiger partial charge is 0.0255 e. The summed E-state index contributed by atoms with van der Waals surface area (Å²) >= 11 is 25.9. The summed E-state index contributed by atoms with van der Waals surface area (Å²) in [5.41, 5.74) is 4.11. The van der Waals surface area contributed by atoms with Crippen LogP contribution in [0.2, 0.25) is 20.1 Å². The van der Waals surface area contributed by atoms with Crippen LogP contribution in [0.3, 0.4) is 0 Å². The van der Waals surface area contributed by atoms with Crippen molar-refractivity contribution in [2.24, 2.45) is 0 Å². The van der Waals surface area contributed by atoms with Gasteiger partial charge in [-0.2, -0.15) is 6.08 Å². The molecule has 0 amide bonds. The third-order valence-corrected chi connectivity index (χ3v) is 10.8. The maximum Gasteiger partial charge on any atom is -0.0255 e. The minimum atomic E-state index is 0. The molecule has 0 fully saturated rings. The van der Waals surface area contributed by atoms with Gasteiger partial charge in [-0.3, -0.25) is 6.08 Å². The van der Waals surface area contributed by atoms with Gasteiger partial charge in [0.15, 0.2) is 0 Å². The van der Waals surface area contributed by atoms with E-state index >= 15 is 0 Å². The molecular formula is C41H28Cl6Zr-2. The molecule has 0 spiro atoms. The molecule has 0 heterocycles. The molecule has 7 heteroatoms. The molecule has 0 saturated carbocycles. The Kier molecular flexibility index (Phi) is 13.7. The number of allylic oxidation sites excluding steroid dienone is 4. The van der Waals surface area contributed by atoms with E-state index in [1.54, 1.807) is 12.1 Å². The molecule has 1 aliphatic carbocycles. The molecule has 0 atom stereocenters. The Morgan fingerprint density at radius 1 is 0.646 bits per heavy atom. The second-order valence-electron chi connectivity index (χ2n) is 11.1. The fourth-order valence-corrected chi connectivity index (χ4v) is 8.17. The monoisotopic (exact) mass is 820 g/mol. The van der Waals surface area contributed by atoms with Crippen LogP contribution in [0.1, 0.15) is 28.7 Å². The molecule has 0 bridgehead atoms. The van der Waals surface area contributed by atoms with Gasteiger partial charge in [0.25, 0.3) is 0 Å². The molecule has 48 heavy (non-hydrogen) atoms. The summed E-state index contributed by atoms with van der Waals surface area (Å²) in [6, 6.07) is 35.9. The van der Waals surface area contributed by atoms with Crippen LogP contribution in [0.15, 0.2) is 121 Å². The molecule has 0 unspecified atom stereocenters. The second kappa shape index (κ2) is 17.1. The van der Waals surface area contributed by atoms with Gasteiger partial charge < -0.3 is 24.8 Å². The summed E-state index contributed by atoms with van der Waals surface area (Å²) in [6.07, 6.45) is 10.0. The van der Waals surface area contributed by atoms with Gasteiger partial charge >= 0.3 is 154 Å². The first-order valence-electron chi connectivity index (χ1n) is 14.8. The molecule has 0 radical (unpaired) electrons. The Morgan fingerprint density at radius 3 is 1.62 bits per heavy atom. The van der Waals surface area contributed by atoms with Crippen LogP contribution in [0.4, 0.5) is 0 Å². The van der Waals surface area contributed by atoms with Crippen molar-refractivity contribution >= 4 is 92.7 Å². The SMILES string of the molecule is Cc1c(Cl)cc(Cl)cc1[C](=[Zr+2])c1cc(Cl)cc(Cl)c1C.[C-]1=CC=CC1.[Cl-].[Cl-].c1ccc2c(c1)[cH-]c1c3ccccc3c3ccccc3c21. The van der Waals surface area contributed by atoms with Gasteiger partial charge in [-0.25, -0.2) is 12.2 Å². The fourth-order valence-electron chi connectivity index (χ4n) is 5.91. The van der Waals surface area contributed by atoms with Crippen molar-refractivity contribution in [3.8, 4) is 0 Å². The van der Waals surface area contributed by atoms with Crippen LogP contribution in [-0.4, -0.2) is 3.21 Å². The average molecular weight is 825 g/mol.